The zero-order chi connectivity index (χ0) is 11.5. The van der Waals surface area contributed by atoms with Crippen LogP contribution in [0.5, 0.6) is 0 Å². The number of oxime groups is 1. The molecule has 0 aliphatic carbocycles. The van der Waals surface area contributed by atoms with Gasteiger partial charge in [0.25, 0.3) is 0 Å². The molecule has 0 saturated heterocycles. The standard InChI is InChI=1S/C10H9ClN4O/c11-7-2-1-3-8(9(7)10(12)14-16)15-5-4-13-6-15/h1-6,16H,(H2,12,14). The lowest BCUT2D eigenvalue weighted by Crippen LogP contribution is -2.16. The Balaban J connectivity index is 2.67. The minimum absolute atomic E-state index is 0.0331. The predicted octanol–water partition coefficient (Wildman–Crippen LogP) is 1.62. The van der Waals surface area contributed by atoms with Gasteiger partial charge in [0.05, 0.1) is 22.6 Å². The highest BCUT2D eigenvalue weighted by molar-refractivity contribution is 6.34. The number of nitrogens with two attached hydrogens (primary N) is 1. The van der Waals surface area contributed by atoms with Crippen LogP contribution in [-0.2, 0) is 0 Å². The minimum atomic E-state index is -0.0331. The first-order valence-corrected chi connectivity index (χ1v) is 4.86. The summed E-state index contributed by atoms with van der Waals surface area (Å²) in [5.41, 5.74) is 6.77. The number of rotatable bonds is 2. The van der Waals surface area contributed by atoms with Crippen molar-refractivity contribution >= 4 is 17.4 Å². The van der Waals surface area contributed by atoms with Crippen LogP contribution in [0.1, 0.15) is 5.56 Å². The fourth-order valence-corrected chi connectivity index (χ4v) is 1.70. The van der Waals surface area contributed by atoms with Crippen LogP contribution in [-0.4, -0.2) is 20.6 Å². The maximum absolute atomic E-state index is 8.71. The van der Waals surface area contributed by atoms with Crippen LogP contribution in [0.25, 0.3) is 5.69 Å². The number of halogens is 1. The van der Waals surface area contributed by atoms with Crippen LogP contribution >= 0.6 is 11.6 Å². The minimum Gasteiger partial charge on any atom is -0.409 e. The number of aromatic nitrogens is 2. The first-order valence-electron chi connectivity index (χ1n) is 4.49. The van der Waals surface area contributed by atoms with Gasteiger partial charge in [-0.15, -0.1) is 0 Å². The Morgan fingerprint density at radius 1 is 1.50 bits per heavy atom. The highest BCUT2D eigenvalue weighted by Gasteiger charge is 2.12. The Morgan fingerprint density at radius 3 is 2.94 bits per heavy atom. The molecule has 0 aliphatic rings. The molecule has 0 radical (unpaired) electrons. The van der Waals surface area contributed by atoms with E-state index in [2.05, 4.69) is 10.1 Å². The summed E-state index contributed by atoms with van der Waals surface area (Å²) >= 11 is 6.01. The van der Waals surface area contributed by atoms with Crippen molar-refractivity contribution in [3.05, 3.63) is 47.5 Å². The van der Waals surface area contributed by atoms with E-state index < -0.39 is 0 Å². The van der Waals surface area contributed by atoms with E-state index in [0.717, 1.165) is 0 Å². The summed E-state index contributed by atoms with van der Waals surface area (Å²) in [5, 5.41) is 12.1. The van der Waals surface area contributed by atoms with Gasteiger partial charge in [-0.05, 0) is 12.1 Å². The third-order valence-electron chi connectivity index (χ3n) is 2.14. The number of amidine groups is 1. The molecule has 0 fully saturated rings. The smallest absolute Gasteiger partial charge is 0.173 e. The molecule has 5 nitrogen and oxygen atoms in total. The first-order chi connectivity index (χ1) is 7.74. The molecular formula is C10H9ClN4O. The van der Waals surface area contributed by atoms with Crippen molar-refractivity contribution in [2.24, 2.45) is 10.9 Å². The van der Waals surface area contributed by atoms with Crippen LogP contribution < -0.4 is 5.73 Å². The summed E-state index contributed by atoms with van der Waals surface area (Å²) < 4.78 is 1.74. The normalized spacial score (nSPS) is 11.7. The van der Waals surface area contributed by atoms with Crippen molar-refractivity contribution in [2.45, 2.75) is 0 Å². The molecule has 1 heterocycles. The van der Waals surface area contributed by atoms with Gasteiger partial charge in [0.15, 0.2) is 5.84 Å². The molecule has 16 heavy (non-hydrogen) atoms. The summed E-state index contributed by atoms with van der Waals surface area (Å²) in [7, 11) is 0. The van der Waals surface area contributed by atoms with Crippen LogP contribution in [0.3, 0.4) is 0 Å². The SMILES string of the molecule is NC(=NO)c1c(Cl)cccc1-n1ccnc1. The largest absolute Gasteiger partial charge is 0.409 e. The molecule has 0 spiro atoms. The molecule has 0 unspecified atom stereocenters. The number of nitrogens with zero attached hydrogens (tertiary/aromatic N) is 3. The van der Waals surface area contributed by atoms with Crippen molar-refractivity contribution in [1.29, 1.82) is 0 Å². The van der Waals surface area contributed by atoms with Gasteiger partial charge in [-0.1, -0.05) is 22.8 Å². The molecular weight excluding hydrogens is 228 g/mol. The van der Waals surface area contributed by atoms with Crippen LogP contribution in [0.2, 0.25) is 5.02 Å². The molecule has 2 aromatic rings. The van der Waals surface area contributed by atoms with Crippen LogP contribution in [0, 0.1) is 0 Å². The second-order valence-electron chi connectivity index (χ2n) is 3.09. The molecule has 0 atom stereocenters. The molecule has 0 bridgehead atoms. The first kappa shape index (κ1) is 10.5. The van der Waals surface area contributed by atoms with E-state index in [1.165, 1.54) is 0 Å². The molecule has 82 valence electrons. The fraction of sp³-hybridized carbons (Fsp3) is 0. The highest BCUT2D eigenvalue weighted by Crippen LogP contribution is 2.22. The Bertz CT molecular complexity index is 522. The lowest BCUT2D eigenvalue weighted by Gasteiger charge is -2.10. The topological polar surface area (TPSA) is 76.4 Å². The monoisotopic (exact) mass is 236 g/mol. The van der Waals surface area contributed by atoms with E-state index in [1.54, 1.807) is 41.5 Å². The second-order valence-corrected chi connectivity index (χ2v) is 3.50. The van der Waals surface area contributed by atoms with E-state index in [9.17, 15) is 0 Å². The van der Waals surface area contributed by atoms with Crippen molar-refractivity contribution in [1.82, 2.24) is 9.55 Å². The summed E-state index contributed by atoms with van der Waals surface area (Å²) in [6.07, 6.45) is 5.00. The van der Waals surface area contributed by atoms with Gasteiger partial charge >= 0.3 is 0 Å². The number of hydrogen-bond donors (Lipinski definition) is 2. The Kier molecular flexibility index (Phi) is 2.78. The molecule has 0 amide bonds. The third kappa shape index (κ3) is 1.72. The van der Waals surface area contributed by atoms with E-state index in [0.29, 0.717) is 16.3 Å². The van der Waals surface area contributed by atoms with Crippen molar-refractivity contribution < 1.29 is 5.21 Å². The predicted molar refractivity (Wildman–Crippen MR) is 61.1 cm³/mol. The van der Waals surface area contributed by atoms with E-state index in [1.807, 2.05) is 0 Å². The van der Waals surface area contributed by atoms with Gasteiger partial charge in [0.2, 0.25) is 0 Å². The van der Waals surface area contributed by atoms with Crippen LogP contribution in [0.15, 0.2) is 42.1 Å². The third-order valence-corrected chi connectivity index (χ3v) is 2.45. The summed E-state index contributed by atoms with van der Waals surface area (Å²) in [4.78, 5) is 3.93. The molecule has 1 aromatic carbocycles. The van der Waals surface area contributed by atoms with Crippen LogP contribution in [0.4, 0.5) is 0 Å². The van der Waals surface area contributed by atoms with Gasteiger partial charge in [0, 0.05) is 12.4 Å². The zero-order valence-corrected chi connectivity index (χ0v) is 8.96. The van der Waals surface area contributed by atoms with Crippen molar-refractivity contribution in [3.63, 3.8) is 0 Å². The quantitative estimate of drug-likeness (QED) is 0.360. The Hall–Kier alpha value is -2.01. The Labute approximate surface area is 96.8 Å². The van der Waals surface area contributed by atoms with E-state index >= 15 is 0 Å². The number of hydrogen-bond acceptors (Lipinski definition) is 3. The summed E-state index contributed by atoms with van der Waals surface area (Å²) in [6.45, 7) is 0. The van der Waals surface area contributed by atoms with Gasteiger partial charge in [-0.25, -0.2) is 4.98 Å². The maximum Gasteiger partial charge on any atom is 0.173 e. The summed E-state index contributed by atoms with van der Waals surface area (Å²) in [6, 6.07) is 5.27. The van der Waals surface area contributed by atoms with Gasteiger partial charge in [0.1, 0.15) is 0 Å². The highest BCUT2D eigenvalue weighted by atomic mass is 35.5. The maximum atomic E-state index is 8.71. The van der Waals surface area contributed by atoms with Crippen molar-refractivity contribution in [2.75, 3.05) is 0 Å². The number of imidazole rings is 1. The van der Waals surface area contributed by atoms with Gasteiger partial charge < -0.3 is 15.5 Å². The molecule has 0 aliphatic heterocycles. The molecule has 0 saturated carbocycles. The fourth-order valence-electron chi connectivity index (χ4n) is 1.43. The zero-order valence-electron chi connectivity index (χ0n) is 8.21. The molecule has 6 heteroatoms. The average Bonchev–Trinajstić information content (AvgIpc) is 2.81. The average molecular weight is 237 g/mol. The number of benzene rings is 1. The van der Waals surface area contributed by atoms with Gasteiger partial charge in [-0.3, -0.25) is 0 Å². The lowest BCUT2D eigenvalue weighted by molar-refractivity contribution is 0.318. The molecule has 2 rings (SSSR count). The second kappa shape index (κ2) is 4.24. The van der Waals surface area contributed by atoms with Crippen molar-refractivity contribution in [3.8, 4) is 5.69 Å². The summed E-state index contributed by atoms with van der Waals surface area (Å²) in [5.74, 6) is -0.0331. The molecule has 3 N–H and O–H groups in total. The molecule has 1 aromatic heterocycles. The van der Waals surface area contributed by atoms with Gasteiger partial charge in [-0.2, -0.15) is 0 Å². The van der Waals surface area contributed by atoms with E-state index in [4.69, 9.17) is 22.5 Å². The van der Waals surface area contributed by atoms with E-state index in [-0.39, 0.29) is 5.84 Å². The lowest BCUT2D eigenvalue weighted by atomic mass is 10.1. The Morgan fingerprint density at radius 2 is 2.31 bits per heavy atom.